The Morgan fingerprint density at radius 3 is 2.64 bits per heavy atom. The van der Waals surface area contributed by atoms with Gasteiger partial charge < -0.3 is 24.7 Å². The lowest BCUT2D eigenvalue weighted by molar-refractivity contribution is -0.124. The van der Waals surface area contributed by atoms with Gasteiger partial charge in [0.25, 0.3) is 5.91 Å². The molecule has 3 aromatic rings. The molecule has 0 unspecified atom stereocenters. The van der Waals surface area contributed by atoms with E-state index in [4.69, 9.17) is 14.5 Å². The third-order valence-corrected chi connectivity index (χ3v) is 6.06. The first-order valence-electron chi connectivity index (χ1n) is 11.3. The smallest absolute Gasteiger partial charge is 0.262 e. The van der Waals surface area contributed by atoms with E-state index in [1.165, 1.54) is 0 Å². The second-order valence-electron chi connectivity index (χ2n) is 8.30. The Kier molecular flexibility index (Phi) is 7.12. The van der Waals surface area contributed by atoms with Crippen molar-refractivity contribution in [1.82, 2.24) is 14.9 Å². The summed E-state index contributed by atoms with van der Waals surface area (Å²) in [6, 6.07) is 12.8. The van der Waals surface area contributed by atoms with Crippen LogP contribution in [0.3, 0.4) is 0 Å². The van der Waals surface area contributed by atoms with Crippen LogP contribution in [0.25, 0.3) is 11.0 Å². The van der Waals surface area contributed by atoms with Crippen LogP contribution in [-0.4, -0.2) is 41.6 Å². The van der Waals surface area contributed by atoms with Crippen LogP contribution in [0.15, 0.2) is 42.5 Å². The van der Waals surface area contributed by atoms with Crippen molar-refractivity contribution >= 4 is 28.5 Å². The molecule has 4 rings (SSSR count). The molecule has 2 aromatic carbocycles. The summed E-state index contributed by atoms with van der Waals surface area (Å²) in [5, 5.41) is 5.89. The average molecular weight is 451 g/mol. The summed E-state index contributed by atoms with van der Waals surface area (Å²) in [5.41, 5.74) is 2.41. The maximum Gasteiger partial charge on any atom is 0.262 e. The van der Waals surface area contributed by atoms with Gasteiger partial charge in [0.2, 0.25) is 5.91 Å². The van der Waals surface area contributed by atoms with Crippen molar-refractivity contribution in [3.05, 3.63) is 48.3 Å². The Hall–Kier alpha value is -3.55. The highest BCUT2D eigenvalue weighted by Gasteiger charge is 2.22. The fourth-order valence-corrected chi connectivity index (χ4v) is 4.26. The number of hydrogen-bond donors (Lipinski definition) is 2. The quantitative estimate of drug-likeness (QED) is 0.521. The molecule has 0 bridgehead atoms. The Morgan fingerprint density at radius 2 is 1.88 bits per heavy atom. The first kappa shape index (κ1) is 22.6. The van der Waals surface area contributed by atoms with Gasteiger partial charge in [0.1, 0.15) is 5.82 Å². The van der Waals surface area contributed by atoms with E-state index >= 15 is 0 Å². The second-order valence-corrected chi connectivity index (χ2v) is 8.30. The number of benzene rings is 2. The number of aryl methyl sites for hydroxylation is 1. The number of methoxy groups -OCH3 is 1. The van der Waals surface area contributed by atoms with Crippen LogP contribution in [0, 0.1) is 5.92 Å². The van der Waals surface area contributed by atoms with Crippen LogP contribution < -0.4 is 20.1 Å². The summed E-state index contributed by atoms with van der Waals surface area (Å²) in [7, 11) is 3.52. The SMILES string of the molecule is COc1ccccc1OCC(=O)Nc1ccc2c(c1)nc(CCNC(=O)C1CCCC1)n2C. The zero-order valence-corrected chi connectivity index (χ0v) is 19.1. The Morgan fingerprint density at radius 1 is 1.12 bits per heavy atom. The number of rotatable bonds is 9. The van der Waals surface area contributed by atoms with Crippen LogP contribution in [-0.2, 0) is 23.1 Å². The predicted octanol–water partition coefficient (Wildman–Crippen LogP) is 3.45. The third-order valence-electron chi connectivity index (χ3n) is 6.06. The van der Waals surface area contributed by atoms with Gasteiger partial charge in [-0.2, -0.15) is 0 Å². The van der Waals surface area contributed by atoms with Crippen LogP contribution in [0.1, 0.15) is 31.5 Å². The number of amides is 2. The minimum absolute atomic E-state index is 0.132. The average Bonchev–Trinajstić information content (AvgIpc) is 3.46. The summed E-state index contributed by atoms with van der Waals surface area (Å²) >= 11 is 0. The number of aromatic nitrogens is 2. The minimum Gasteiger partial charge on any atom is -0.493 e. The van der Waals surface area contributed by atoms with Gasteiger partial charge in [-0.15, -0.1) is 0 Å². The van der Waals surface area contributed by atoms with Gasteiger partial charge in [-0.1, -0.05) is 25.0 Å². The van der Waals surface area contributed by atoms with Crippen molar-refractivity contribution in [3.63, 3.8) is 0 Å². The lowest BCUT2D eigenvalue weighted by Gasteiger charge is -2.10. The Balaban J connectivity index is 1.33. The van der Waals surface area contributed by atoms with Crippen molar-refractivity contribution in [2.24, 2.45) is 13.0 Å². The van der Waals surface area contributed by atoms with E-state index in [9.17, 15) is 9.59 Å². The van der Waals surface area contributed by atoms with Gasteiger partial charge in [-0.3, -0.25) is 9.59 Å². The fourth-order valence-electron chi connectivity index (χ4n) is 4.26. The van der Waals surface area contributed by atoms with E-state index in [1.807, 2.05) is 41.9 Å². The van der Waals surface area contributed by atoms with Crippen LogP contribution in [0.5, 0.6) is 11.5 Å². The Bertz CT molecular complexity index is 1130. The minimum atomic E-state index is -0.272. The summed E-state index contributed by atoms with van der Waals surface area (Å²) in [6.07, 6.45) is 4.94. The van der Waals surface area contributed by atoms with Gasteiger partial charge in [0.15, 0.2) is 18.1 Å². The fraction of sp³-hybridized carbons (Fsp3) is 0.400. The van der Waals surface area contributed by atoms with E-state index in [-0.39, 0.29) is 24.3 Å². The first-order valence-corrected chi connectivity index (χ1v) is 11.3. The molecule has 1 aromatic heterocycles. The van der Waals surface area contributed by atoms with E-state index in [0.29, 0.717) is 30.2 Å². The molecule has 1 aliphatic rings. The first-order chi connectivity index (χ1) is 16.0. The standard InChI is InChI=1S/C25H30N4O4/c1-29-20-12-11-18(27-24(30)16-33-22-10-6-5-9-21(22)32-2)15-19(20)28-23(29)13-14-26-25(31)17-7-3-4-8-17/h5-6,9-12,15,17H,3-4,7-8,13-14,16H2,1-2H3,(H,26,31)(H,27,30). The molecule has 0 radical (unpaired) electrons. The zero-order valence-electron chi connectivity index (χ0n) is 19.1. The van der Waals surface area contributed by atoms with Crippen molar-refractivity contribution in [3.8, 4) is 11.5 Å². The summed E-state index contributed by atoms with van der Waals surface area (Å²) in [4.78, 5) is 29.3. The molecule has 1 heterocycles. The van der Waals surface area contributed by atoms with Gasteiger partial charge in [0.05, 0.1) is 18.1 Å². The van der Waals surface area contributed by atoms with Crippen molar-refractivity contribution in [2.45, 2.75) is 32.1 Å². The molecule has 8 nitrogen and oxygen atoms in total. The Labute approximate surface area is 193 Å². The molecule has 1 fully saturated rings. The number of hydrogen-bond acceptors (Lipinski definition) is 5. The number of nitrogens with zero attached hydrogens (tertiary/aromatic N) is 2. The van der Waals surface area contributed by atoms with Crippen molar-refractivity contribution in [1.29, 1.82) is 0 Å². The highest BCUT2D eigenvalue weighted by molar-refractivity contribution is 5.94. The molecular weight excluding hydrogens is 420 g/mol. The molecule has 174 valence electrons. The number of fused-ring (bicyclic) bond motifs is 1. The molecule has 0 aliphatic heterocycles. The topological polar surface area (TPSA) is 94.5 Å². The number of ether oxygens (including phenoxy) is 2. The van der Waals surface area contributed by atoms with Crippen molar-refractivity contribution < 1.29 is 19.1 Å². The van der Waals surface area contributed by atoms with Gasteiger partial charge in [-0.05, 0) is 43.2 Å². The molecule has 2 N–H and O–H groups in total. The van der Waals surface area contributed by atoms with Crippen LogP contribution in [0.2, 0.25) is 0 Å². The number of imidazole rings is 1. The van der Waals surface area contributed by atoms with E-state index in [2.05, 4.69) is 10.6 Å². The van der Waals surface area contributed by atoms with Gasteiger partial charge >= 0.3 is 0 Å². The number of anilines is 1. The molecule has 2 amide bonds. The normalized spacial score (nSPS) is 13.8. The van der Waals surface area contributed by atoms with E-state index in [0.717, 1.165) is 42.5 Å². The maximum absolute atomic E-state index is 12.4. The number of para-hydroxylation sites is 2. The molecule has 0 atom stereocenters. The van der Waals surface area contributed by atoms with E-state index in [1.54, 1.807) is 19.2 Å². The van der Waals surface area contributed by atoms with Crippen LogP contribution in [0.4, 0.5) is 5.69 Å². The monoisotopic (exact) mass is 450 g/mol. The highest BCUT2D eigenvalue weighted by Crippen LogP contribution is 2.26. The molecule has 8 heteroatoms. The van der Waals surface area contributed by atoms with E-state index < -0.39 is 0 Å². The highest BCUT2D eigenvalue weighted by atomic mass is 16.5. The van der Waals surface area contributed by atoms with Gasteiger partial charge in [-0.25, -0.2) is 4.98 Å². The molecule has 33 heavy (non-hydrogen) atoms. The maximum atomic E-state index is 12.4. The van der Waals surface area contributed by atoms with Gasteiger partial charge in [0, 0.05) is 31.6 Å². The molecule has 1 saturated carbocycles. The number of carbonyl (C=O) groups is 2. The largest absolute Gasteiger partial charge is 0.493 e. The molecule has 1 aliphatic carbocycles. The molecule has 0 saturated heterocycles. The summed E-state index contributed by atoms with van der Waals surface area (Å²) in [5.74, 6) is 2.04. The molecule has 0 spiro atoms. The lowest BCUT2D eigenvalue weighted by Crippen LogP contribution is -2.31. The van der Waals surface area contributed by atoms with Crippen molar-refractivity contribution in [2.75, 3.05) is 25.6 Å². The lowest BCUT2D eigenvalue weighted by atomic mass is 10.1. The molecular formula is C25H30N4O4. The number of carbonyl (C=O) groups excluding carboxylic acids is 2. The second kappa shape index (κ2) is 10.4. The third kappa shape index (κ3) is 5.45. The number of nitrogens with one attached hydrogen (secondary N) is 2. The van der Waals surface area contributed by atoms with Crippen LogP contribution >= 0.6 is 0 Å². The zero-order chi connectivity index (χ0) is 23.2. The summed E-state index contributed by atoms with van der Waals surface area (Å²) < 4.78 is 12.8. The predicted molar refractivity (Wildman–Crippen MR) is 127 cm³/mol. The summed E-state index contributed by atoms with van der Waals surface area (Å²) in [6.45, 7) is 0.433.